The average molecular weight is 755 g/mol. The first kappa shape index (κ1) is 39.0. The number of amides is 4. The Labute approximate surface area is 320 Å². The van der Waals surface area contributed by atoms with E-state index >= 15 is 0 Å². The largest absolute Gasteiger partial charge is 0.453 e. The number of hydrogen-bond donors (Lipinski definition) is 5. The molecule has 2 aliphatic rings. The number of methoxy groups -OCH3 is 2. The fourth-order valence-electron chi connectivity index (χ4n) is 7.39. The van der Waals surface area contributed by atoms with E-state index in [0.717, 1.165) is 46.5 Å². The summed E-state index contributed by atoms with van der Waals surface area (Å²) in [5.74, 6) is 0.416. The van der Waals surface area contributed by atoms with Gasteiger partial charge >= 0.3 is 12.2 Å². The number of nitrogens with one attached hydrogen (secondary N) is 4. The van der Waals surface area contributed by atoms with E-state index in [1.54, 1.807) is 22.2 Å². The number of aromatic amines is 2. The van der Waals surface area contributed by atoms with Crippen molar-refractivity contribution in [3.63, 3.8) is 0 Å². The van der Waals surface area contributed by atoms with Crippen molar-refractivity contribution in [1.82, 2.24) is 40.4 Å². The van der Waals surface area contributed by atoms with Crippen molar-refractivity contribution in [3.05, 3.63) is 72.6 Å². The minimum Gasteiger partial charge on any atom is -0.453 e. The molecule has 15 heteroatoms. The van der Waals surface area contributed by atoms with E-state index in [0.29, 0.717) is 31.2 Å². The van der Waals surface area contributed by atoms with Gasteiger partial charge in [0.15, 0.2) is 0 Å². The third-order valence-electron chi connectivity index (χ3n) is 10.5. The number of aromatic nitrogens is 4. The molecule has 0 saturated carbocycles. The van der Waals surface area contributed by atoms with Gasteiger partial charge < -0.3 is 45.0 Å². The van der Waals surface area contributed by atoms with Gasteiger partial charge in [-0.05, 0) is 53.4 Å². The molecular weight excluding hydrogens is 704 g/mol. The predicted molar refractivity (Wildman–Crippen MR) is 204 cm³/mol. The number of carbonyl (C=O) groups is 4. The minimum atomic E-state index is -0.812. The fraction of sp³-hybridized carbons (Fsp3) is 0.450. The number of H-pyrrole nitrogens is 2. The van der Waals surface area contributed by atoms with Crippen LogP contribution in [0.4, 0.5) is 9.59 Å². The van der Waals surface area contributed by atoms with Crippen molar-refractivity contribution in [2.24, 2.45) is 11.8 Å². The number of carbonyl (C=O) groups excluding carboxylic acids is 4. The van der Waals surface area contributed by atoms with Crippen LogP contribution in [0, 0.1) is 11.8 Å². The first-order valence-corrected chi connectivity index (χ1v) is 18.7. The number of nitrogens with zero attached hydrogens (tertiary/aromatic N) is 4. The zero-order valence-electron chi connectivity index (χ0n) is 32.0. The van der Waals surface area contributed by atoms with E-state index in [1.165, 1.54) is 14.2 Å². The van der Waals surface area contributed by atoms with Crippen molar-refractivity contribution in [3.8, 4) is 33.6 Å². The topological polar surface area (TPSA) is 195 Å². The molecule has 4 amide bonds. The first-order valence-electron chi connectivity index (χ1n) is 18.7. The number of imidazole rings is 2. The Kier molecular flexibility index (Phi) is 11.9. The molecule has 2 saturated heterocycles. The van der Waals surface area contributed by atoms with Gasteiger partial charge in [-0.25, -0.2) is 19.6 Å². The zero-order valence-corrected chi connectivity index (χ0v) is 32.0. The smallest absolute Gasteiger partial charge is 0.407 e. The Morgan fingerprint density at radius 2 is 1.15 bits per heavy atom. The maximum Gasteiger partial charge on any atom is 0.407 e. The number of aliphatic hydroxyl groups excluding tert-OH is 1. The maximum absolute atomic E-state index is 13.6. The average Bonchev–Trinajstić information content (AvgIpc) is 4.02. The van der Waals surface area contributed by atoms with Crippen LogP contribution in [-0.2, 0) is 19.1 Å². The summed E-state index contributed by atoms with van der Waals surface area (Å²) in [7, 11) is 2.53. The van der Waals surface area contributed by atoms with Crippen molar-refractivity contribution in [2.75, 3.05) is 27.3 Å². The van der Waals surface area contributed by atoms with Gasteiger partial charge in [0.25, 0.3) is 0 Å². The van der Waals surface area contributed by atoms with Crippen LogP contribution in [0.1, 0.15) is 70.7 Å². The summed E-state index contributed by atoms with van der Waals surface area (Å²) < 4.78 is 9.47. The molecule has 6 rings (SSSR count). The van der Waals surface area contributed by atoms with Crippen LogP contribution in [0.3, 0.4) is 0 Å². The van der Waals surface area contributed by atoms with Gasteiger partial charge in [-0.2, -0.15) is 0 Å². The van der Waals surface area contributed by atoms with Gasteiger partial charge in [0.05, 0.1) is 50.1 Å². The Morgan fingerprint density at radius 1 is 0.691 bits per heavy atom. The van der Waals surface area contributed by atoms with Crippen LogP contribution in [0.15, 0.2) is 60.9 Å². The van der Waals surface area contributed by atoms with Gasteiger partial charge in [-0.15, -0.1) is 0 Å². The van der Waals surface area contributed by atoms with Crippen LogP contribution < -0.4 is 10.6 Å². The number of hydrogen-bond acceptors (Lipinski definition) is 9. The number of alkyl carbamates (subject to hydrolysis) is 2. The van der Waals surface area contributed by atoms with Crippen LogP contribution in [0.5, 0.6) is 0 Å². The molecule has 292 valence electrons. The van der Waals surface area contributed by atoms with Crippen LogP contribution >= 0.6 is 0 Å². The zero-order chi connectivity index (χ0) is 39.4. The SMILES string of the molecule is COC(=O)NC(C(=O)N1CCC[C@H]1c1ncc(-c2ccc(-c3ccc(-c4cnc([C@@H]5[C@H](O)CCN5C(=O)[C@@H](NC(=O)OC)C(C)C)[nH]4)cc3)cc2)[nH]1)C(C)C. The second kappa shape index (κ2) is 16.8. The molecule has 15 nitrogen and oxygen atoms in total. The van der Waals surface area contributed by atoms with Gasteiger partial charge in [0.2, 0.25) is 11.8 Å². The summed E-state index contributed by atoms with van der Waals surface area (Å²) in [5, 5.41) is 16.2. The maximum atomic E-state index is 13.6. The highest BCUT2D eigenvalue weighted by Crippen LogP contribution is 2.35. The van der Waals surface area contributed by atoms with E-state index in [-0.39, 0.29) is 29.7 Å². The molecule has 0 aliphatic carbocycles. The van der Waals surface area contributed by atoms with E-state index in [9.17, 15) is 24.3 Å². The summed E-state index contributed by atoms with van der Waals surface area (Å²) in [5.41, 5.74) is 5.47. The number of rotatable bonds is 11. The molecule has 2 aromatic heterocycles. The van der Waals surface area contributed by atoms with Gasteiger partial charge in [0, 0.05) is 13.1 Å². The number of aliphatic hydroxyl groups is 1. The molecule has 5 atom stereocenters. The van der Waals surface area contributed by atoms with E-state index in [1.807, 2.05) is 76.2 Å². The standard InChI is InChI=1S/C40H50N8O7/c1-22(2)32(45-39(52)54-5)37(50)47-18-7-8-30(47)35-41-20-28(43-35)26-13-9-24(10-14-26)25-11-15-27(16-12-25)29-21-42-36(44-29)34-31(49)17-19-48(34)38(51)33(23(3)4)46-40(53)55-6/h9-16,20-23,30-34,49H,7-8,17-19H2,1-6H3,(H,41,43)(H,42,44)(H,45,52)(H,46,53)/t30-,31+,32?,33-,34-/m0/s1. The second-order valence-corrected chi connectivity index (χ2v) is 14.8. The molecule has 5 N–H and O–H groups in total. The number of benzene rings is 2. The molecular formula is C40H50N8O7. The lowest BCUT2D eigenvalue weighted by Gasteiger charge is -2.30. The lowest BCUT2D eigenvalue weighted by Crippen LogP contribution is -2.51. The molecule has 2 fully saturated rings. The van der Waals surface area contributed by atoms with Crippen LogP contribution in [-0.4, -0.2) is 104 Å². The third-order valence-corrected chi connectivity index (χ3v) is 10.5. The molecule has 1 unspecified atom stereocenters. The highest BCUT2D eigenvalue weighted by molar-refractivity contribution is 5.87. The quantitative estimate of drug-likeness (QED) is 0.137. The Balaban J connectivity index is 1.12. The Hall–Kier alpha value is -5.70. The second-order valence-electron chi connectivity index (χ2n) is 14.8. The van der Waals surface area contributed by atoms with E-state index in [2.05, 4.69) is 30.6 Å². The van der Waals surface area contributed by atoms with E-state index in [4.69, 9.17) is 9.47 Å². The third kappa shape index (κ3) is 8.36. The molecule has 4 aromatic rings. The number of likely N-dealkylation sites (tertiary alicyclic amines) is 2. The summed E-state index contributed by atoms with van der Waals surface area (Å²) in [6, 6.07) is 13.8. The molecule has 0 radical (unpaired) electrons. The molecule has 2 aromatic carbocycles. The normalized spacial score (nSPS) is 19.4. The molecule has 0 bridgehead atoms. The highest BCUT2D eigenvalue weighted by Gasteiger charge is 2.42. The number of ether oxygens (including phenoxy) is 2. The summed E-state index contributed by atoms with van der Waals surface area (Å²) >= 11 is 0. The van der Waals surface area contributed by atoms with Gasteiger partial charge in [0.1, 0.15) is 29.8 Å². The summed E-state index contributed by atoms with van der Waals surface area (Å²) in [6.07, 6.45) is 3.34. The first-order chi connectivity index (χ1) is 26.4. The van der Waals surface area contributed by atoms with Crippen molar-refractivity contribution in [1.29, 1.82) is 0 Å². The van der Waals surface area contributed by atoms with Gasteiger partial charge in [-0.1, -0.05) is 76.2 Å². The minimum absolute atomic E-state index is 0.113. The van der Waals surface area contributed by atoms with Crippen molar-refractivity contribution < 1.29 is 33.8 Å². The lowest BCUT2D eigenvalue weighted by molar-refractivity contribution is -0.136. The summed E-state index contributed by atoms with van der Waals surface area (Å²) in [6.45, 7) is 8.38. The monoisotopic (exact) mass is 754 g/mol. The predicted octanol–water partition coefficient (Wildman–Crippen LogP) is 5.19. The van der Waals surface area contributed by atoms with Gasteiger partial charge in [-0.3, -0.25) is 9.59 Å². The summed E-state index contributed by atoms with van der Waals surface area (Å²) in [4.78, 5) is 70.3. The Bertz CT molecular complexity index is 1970. The fourth-order valence-corrected chi connectivity index (χ4v) is 7.39. The van der Waals surface area contributed by atoms with Crippen LogP contribution in [0.2, 0.25) is 0 Å². The molecule has 55 heavy (non-hydrogen) atoms. The molecule has 0 spiro atoms. The lowest BCUT2D eigenvalue weighted by atomic mass is 10.0. The highest BCUT2D eigenvalue weighted by atomic mass is 16.5. The molecule has 4 heterocycles. The molecule has 2 aliphatic heterocycles. The van der Waals surface area contributed by atoms with Crippen molar-refractivity contribution >= 4 is 24.0 Å². The van der Waals surface area contributed by atoms with Crippen molar-refractivity contribution in [2.45, 2.75) is 77.2 Å². The van der Waals surface area contributed by atoms with Crippen LogP contribution in [0.25, 0.3) is 33.6 Å². The Morgan fingerprint density at radius 3 is 1.64 bits per heavy atom. The van der Waals surface area contributed by atoms with E-state index < -0.39 is 36.4 Å².